The largest absolute Gasteiger partial charge is 0.304 e. The van der Waals surface area contributed by atoms with E-state index in [2.05, 4.69) is 17.0 Å². The number of amides is 2. The van der Waals surface area contributed by atoms with Gasteiger partial charge in [0.05, 0.1) is 11.1 Å². The third kappa shape index (κ3) is 3.03. The molecule has 4 heteroatoms. The van der Waals surface area contributed by atoms with Gasteiger partial charge in [-0.15, -0.1) is 0 Å². The van der Waals surface area contributed by atoms with E-state index in [0.29, 0.717) is 17.7 Å². The highest BCUT2D eigenvalue weighted by molar-refractivity contribution is 6.21. The Morgan fingerprint density at radius 1 is 0.870 bits per heavy atom. The van der Waals surface area contributed by atoms with E-state index in [1.54, 1.807) is 24.3 Å². The molecule has 0 bridgehead atoms. The molecule has 2 aromatic carbocycles. The number of carbonyl (C=O) groups is 2. The average molecular weight is 308 g/mol. The summed E-state index contributed by atoms with van der Waals surface area (Å²) in [5.74, 6) is -0.379. The van der Waals surface area contributed by atoms with Crippen LogP contribution in [0.15, 0.2) is 54.6 Å². The van der Waals surface area contributed by atoms with E-state index in [9.17, 15) is 9.59 Å². The predicted octanol–water partition coefficient (Wildman–Crippen LogP) is 2.46. The van der Waals surface area contributed by atoms with E-state index in [-0.39, 0.29) is 17.9 Å². The molecule has 0 spiro atoms. The van der Waals surface area contributed by atoms with Crippen molar-refractivity contribution in [3.63, 3.8) is 0 Å². The maximum absolute atomic E-state index is 12.5. The first-order valence-corrected chi connectivity index (χ1v) is 7.73. The quantitative estimate of drug-likeness (QED) is 0.797. The van der Waals surface area contributed by atoms with E-state index < -0.39 is 0 Å². The van der Waals surface area contributed by atoms with Gasteiger partial charge >= 0.3 is 0 Å². The van der Waals surface area contributed by atoms with Crippen LogP contribution in [0.5, 0.6) is 0 Å². The summed E-state index contributed by atoms with van der Waals surface area (Å²) in [6.07, 6.45) is 0.793. The van der Waals surface area contributed by atoms with Crippen LogP contribution < -0.4 is 0 Å². The van der Waals surface area contributed by atoms with E-state index in [1.807, 2.05) is 32.3 Å². The fraction of sp³-hybridized carbons (Fsp3) is 0.263. The number of benzene rings is 2. The Balaban J connectivity index is 1.79. The number of hydrogen-bond acceptors (Lipinski definition) is 3. The molecule has 1 heterocycles. The third-order valence-corrected chi connectivity index (χ3v) is 4.32. The van der Waals surface area contributed by atoms with Crippen molar-refractivity contribution in [2.24, 2.45) is 0 Å². The van der Waals surface area contributed by atoms with Crippen molar-refractivity contribution in [1.29, 1.82) is 0 Å². The first kappa shape index (κ1) is 15.4. The molecular weight excluding hydrogens is 288 g/mol. The fourth-order valence-corrected chi connectivity index (χ4v) is 2.91. The van der Waals surface area contributed by atoms with E-state index >= 15 is 0 Å². The molecule has 1 atom stereocenters. The van der Waals surface area contributed by atoms with Gasteiger partial charge < -0.3 is 4.90 Å². The first-order valence-electron chi connectivity index (χ1n) is 7.73. The molecule has 23 heavy (non-hydrogen) atoms. The van der Waals surface area contributed by atoms with Crippen LogP contribution in [0.1, 0.15) is 26.3 Å². The third-order valence-electron chi connectivity index (χ3n) is 4.32. The molecule has 0 saturated carbocycles. The predicted molar refractivity (Wildman–Crippen MR) is 89.4 cm³/mol. The van der Waals surface area contributed by atoms with Crippen LogP contribution in [-0.4, -0.2) is 48.3 Å². The second kappa shape index (κ2) is 6.34. The van der Waals surface area contributed by atoms with Crippen LogP contribution in [0.25, 0.3) is 0 Å². The smallest absolute Gasteiger partial charge is 0.261 e. The normalized spacial score (nSPS) is 15.2. The lowest BCUT2D eigenvalue weighted by Crippen LogP contribution is -2.44. The minimum atomic E-state index is -0.189. The van der Waals surface area contributed by atoms with Gasteiger partial charge in [0.25, 0.3) is 11.8 Å². The van der Waals surface area contributed by atoms with E-state index in [0.717, 1.165) is 6.42 Å². The van der Waals surface area contributed by atoms with Crippen molar-refractivity contribution in [3.05, 3.63) is 71.3 Å². The number of fused-ring (bicyclic) bond motifs is 1. The Morgan fingerprint density at radius 2 is 1.39 bits per heavy atom. The number of carbonyl (C=O) groups excluding carboxylic acids is 2. The van der Waals surface area contributed by atoms with Crippen LogP contribution in [-0.2, 0) is 6.42 Å². The molecule has 1 aliphatic rings. The average Bonchev–Trinajstić information content (AvgIpc) is 2.80. The number of rotatable bonds is 5. The highest BCUT2D eigenvalue weighted by atomic mass is 16.2. The Hall–Kier alpha value is -2.46. The SMILES string of the molecule is CN(C)[C@H](Cc1ccccc1)CN1C(=O)c2ccccc2C1=O. The molecule has 0 N–H and O–H groups in total. The lowest BCUT2D eigenvalue weighted by atomic mass is 10.0. The number of hydrogen-bond donors (Lipinski definition) is 0. The van der Waals surface area contributed by atoms with Gasteiger partial charge in [0.15, 0.2) is 0 Å². The van der Waals surface area contributed by atoms with Crippen molar-refractivity contribution in [2.75, 3.05) is 20.6 Å². The fourth-order valence-electron chi connectivity index (χ4n) is 2.91. The molecule has 2 amide bonds. The van der Waals surface area contributed by atoms with Crippen molar-refractivity contribution < 1.29 is 9.59 Å². The summed E-state index contributed by atoms with van der Waals surface area (Å²) in [6, 6.07) is 17.2. The minimum absolute atomic E-state index is 0.0830. The summed E-state index contributed by atoms with van der Waals surface area (Å²) in [5.41, 5.74) is 2.22. The van der Waals surface area contributed by atoms with Crippen molar-refractivity contribution in [1.82, 2.24) is 9.80 Å². The van der Waals surface area contributed by atoms with Gasteiger partial charge in [0.1, 0.15) is 0 Å². The van der Waals surface area contributed by atoms with Crippen molar-refractivity contribution in [3.8, 4) is 0 Å². The van der Waals surface area contributed by atoms with Gasteiger partial charge in [0, 0.05) is 12.6 Å². The highest BCUT2D eigenvalue weighted by Crippen LogP contribution is 2.23. The van der Waals surface area contributed by atoms with Gasteiger partial charge in [-0.2, -0.15) is 0 Å². The zero-order valence-corrected chi connectivity index (χ0v) is 13.4. The van der Waals surface area contributed by atoms with Crippen LogP contribution in [0.2, 0.25) is 0 Å². The molecule has 118 valence electrons. The molecule has 0 aliphatic carbocycles. The summed E-state index contributed by atoms with van der Waals surface area (Å²) in [4.78, 5) is 28.4. The Morgan fingerprint density at radius 3 is 1.91 bits per heavy atom. The summed E-state index contributed by atoms with van der Waals surface area (Å²) >= 11 is 0. The Labute approximate surface area is 136 Å². The number of imide groups is 1. The van der Waals surface area contributed by atoms with Gasteiger partial charge in [0.2, 0.25) is 0 Å². The molecule has 3 rings (SSSR count). The number of nitrogens with zero attached hydrogens (tertiary/aromatic N) is 2. The highest BCUT2D eigenvalue weighted by Gasteiger charge is 2.36. The monoisotopic (exact) mass is 308 g/mol. The van der Waals surface area contributed by atoms with Crippen LogP contribution in [0, 0.1) is 0 Å². The summed E-state index contributed by atoms with van der Waals surface area (Å²) < 4.78 is 0. The molecule has 0 saturated heterocycles. The van der Waals surface area contributed by atoms with E-state index in [4.69, 9.17) is 0 Å². The van der Waals surface area contributed by atoms with Crippen LogP contribution in [0.3, 0.4) is 0 Å². The van der Waals surface area contributed by atoms with Crippen molar-refractivity contribution in [2.45, 2.75) is 12.5 Å². The lowest BCUT2D eigenvalue weighted by Gasteiger charge is -2.28. The topological polar surface area (TPSA) is 40.6 Å². The Kier molecular flexibility index (Phi) is 4.26. The molecule has 4 nitrogen and oxygen atoms in total. The standard InChI is InChI=1S/C19H20N2O2/c1-20(2)15(12-14-8-4-3-5-9-14)13-21-18(22)16-10-6-7-11-17(16)19(21)23/h3-11,15H,12-13H2,1-2H3/t15-/m1/s1. The van der Waals surface area contributed by atoms with Gasteiger partial charge in [-0.05, 0) is 38.2 Å². The molecule has 0 fully saturated rings. The number of likely N-dealkylation sites (N-methyl/N-ethyl adjacent to an activating group) is 1. The molecule has 2 aromatic rings. The van der Waals surface area contributed by atoms with Crippen LogP contribution >= 0.6 is 0 Å². The van der Waals surface area contributed by atoms with Gasteiger partial charge in [-0.3, -0.25) is 14.5 Å². The Bertz CT molecular complexity index is 690. The zero-order chi connectivity index (χ0) is 16.4. The zero-order valence-electron chi connectivity index (χ0n) is 13.4. The maximum atomic E-state index is 12.5. The summed E-state index contributed by atoms with van der Waals surface area (Å²) in [5, 5.41) is 0. The minimum Gasteiger partial charge on any atom is -0.304 e. The molecule has 0 unspecified atom stereocenters. The molecular formula is C19H20N2O2. The van der Waals surface area contributed by atoms with E-state index in [1.165, 1.54) is 10.5 Å². The molecule has 0 aromatic heterocycles. The van der Waals surface area contributed by atoms with Gasteiger partial charge in [-0.1, -0.05) is 42.5 Å². The molecule has 1 aliphatic heterocycles. The second-order valence-corrected chi connectivity index (χ2v) is 6.07. The second-order valence-electron chi connectivity index (χ2n) is 6.07. The van der Waals surface area contributed by atoms with Crippen molar-refractivity contribution >= 4 is 11.8 Å². The molecule has 0 radical (unpaired) electrons. The maximum Gasteiger partial charge on any atom is 0.261 e. The van der Waals surface area contributed by atoms with Crippen LogP contribution in [0.4, 0.5) is 0 Å². The summed E-state index contributed by atoms with van der Waals surface area (Å²) in [6.45, 7) is 0.397. The summed E-state index contributed by atoms with van der Waals surface area (Å²) in [7, 11) is 3.96. The van der Waals surface area contributed by atoms with Gasteiger partial charge in [-0.25, -0.2) is 0 Å². The first-order chi connectivity index (χ1) is 11.1. The lowest BCUT2D eigenvalue weighted by molar-refractivity contribution is 0.0612.